The molecule has 0 aliphatic rings. The summed E-state index contributed by atoms with van der Waals surface area (Å²) >= 11 is 1.37. The van der Waals surface area contributed by atoms with Gasteiger partial charge < -0.3 is 4.74 Å². The number of benzene rings is 2. The number of esters is 1. The normalized spacial score (nSPS) is 10.5. The molecule has 0 fully saturated rings. The minimum Gasteiger partial charge on any atom is -0.453 e. The van der Waals surface area contributed by atoms with E-state index in [1.54, 1.807) is 30.3 Å². The number of rotatable bonds is 4. The van der Waals surface area contributed by atoms with Crippen molar-refractivity contribution in [2.24, 2.45) is 0 Å². The number of ether oxygens (including phenoxy) is 1. The smallest absolute Gasteiger partial charge is 0.348 e. The summed E-state index contributed by atoms with van der Waals surface area (Å²) in [5, 5.41) is 1.00. The summed E-state index contributed by atoms with van der Waals surface area (Å²) in [5.74, 6) is -0.662. The Kier molecular flexibility index (Phi) is 3.79. The third-order valence-electron chi connectivity index (χ3n) is 3.06. The van der Waals surface area contributed by atoms with Gasteiger partial charge in [-0.3, -0.25) is 4.79 Å². The van der Waals surface area contributed by atoms with Gasteiger partial charge in [0.1, 0.15) is 4.88 Å². The van der Waals surface area contributed by atoms with E-state index in [9.17, 15) is 9.59 Å². The first-order valence-corrected chi connectivity index (χ1v) is 7.29. The fraction of sp³-hybridized carbons (Fsp3) is 0.0588. The summed E-state index contributed by atoms with van der Waals surface area (Å²) in [6.07, 6.45) is 0. The van der Waals surface area contributed by atoms with E-state index in [4.69, 9.17) is 4.74 Å². The van der Waals surface area contributed by atoms with Gasteiger partial charge in [0.05, 0.1) is 0 Å². The summed E-state index contributed by atoms with van der Waals surface area (Å²) in [6, 6.07) is 18.3. The van der Waals surface area contributed by atoms with Crippen molar-refractivity contribution in [1.82, 2.24) is 0 Å². The fourth-order valence-electron chi connectivity index (χ4n) is 1.99. The summed E-state index contributed by atoms with van der Waals surface area (Å²) < 4.78 is 6.12. The van der Waals surface area contributed by atoms with Gasteiger partial charge in [0.2, 0.25) is 0 Å². The highest BCUT2D eigenvalue weighted by atomic mass is 32.1. The molecule has 0 amide bonds. The third kappa shape index (κ3) is 3.01. The molecular formula is C17H12O3S. The Bertz CT molecular complexity index is 757. The van der Waals surface area contributed by atoms with E-state index in [1.165, 1.54) is 11.3 Å². The largest absolute Gasteiger partial charge is 0.453 e. The Hall–Kier alpha value is -2.46. The molecule has 0 bridgehead atoms. The Morgan fingerprint density at radius 1 is 0.952 bits per heavy atom. The maximum atomic E-state index is 12.0. The van der Waals surface area contributed by atoms with Crippen LogP contribution in [0.25, 0.3) is 10.1 Å². The van der Waals surface area contributed by atoms with E-state index >= 15 is 0 Å². The van der Waals surface area contributed by atoms with Crippen molar-refractivity contribution in [2.45, 2.75) is 0 Å². The van der Waals surface area contributed by atoms with Gasteiger partial charge >= 0.3 is 5.97 Å². The second kappa shape index (κ2) is 5.89. The van der Waals surface area contributed by atoms with Crippen LogP contribution in [0.3, 0.4) is 0 Å². The molecule has 0 aliphatic heterocycles. The van der Waals surface area contributed by atoms with Crippen molar-refractivity contribution in [1.29, 1.82) is 0 Å². The summed E-state index contributed by atoms with van der Waals surface area (Å²) in [4.78, 5) is 24.4. The highest BCUT2D eigenvalue weighted by Crippen LogP contribution is 2.25. The van der Waals surface area contributed by atoms with Crippen LogP contribution in [0.15, 0.2) is 60.7 Å². The van der Waals surface area contributed by atoms with E-state index in [2.05, 4.69) is 0 Å². The predicted octanol–water partition coefficient (Wildman–Crippen LogP) is 3.94. The number of carbonyl (C=O) groups excluding carboxylic acids is 2. The standard InChI is InChI=1S/C17H12O3S/c18-14(12-6-2-1-3-7-12)11-20-17(19)16-10-13-8-4-5-9-15(13)21-16/h1-10H,11H2. The van der Waals surface area contributed by atoms with Crippen LogP contribution in [0, 0.1) is 0 Å². The zero-order chi connectivity index (χ0) is 14.7. The van der Waals surface area contributed by atoms with Crippen molar-refractivity contribution < 1.29 is 14.3 Å². The lowest BCUT2D eigenvalue weighted by atomic mass is 10.1. The lowest BCUT2D eigenvalue weighted by Gasteiger charge is -2.02. The van der Waals surface area contributed by atoms with E-state index < -0.39 is 5.97 Å². The average Bonchev–Trinajstić information content (AvgIpc) is 2.97. The van der Waals surface area contributed by atoms with Crippen molar-refractivity contribution >= 4 is 33.2 Å². The molecule has 3 aromatic rings. The van der Waals surface area contributed by atoms with Crippen LogP contribution in [0.2, 0.25) is 0 Å². The number of thiophene rings is 1. The molecular weight excluding hydrogens is 284 g/mol. The van der Waals surface area contributed by atoms with Crippen LogP contribution in [0.1, 0.15) is 20.0 Å². The molecule has 2 aromatic carbocycles. The Balaban J connectivity index is 1.68. The van der Waals surface area contributed by atoms with Crippen molar-refractivity contribution in [2.75, 3.05) is 6.61 Å². The average molecular weight is 296 g/mol. The van der Waals surface area contributed by atoms with Crippen LogP contribution in [-0.2, 0) is 4.74 Å². The van der Waals surface area contributed by atoms with E-state index in [0.29, 0.717) is 10.4 Å². The van der Waals surface area contributed by atoms with Crippen molar-refractivity contribution in [3.8, 4) is 0 Å². The number of fused-ring (bicyclic) bond motifs is 1. The van der Waals surface area contributed by atoms with Gasteiger partial charge in [-0.05, 0) is 17.5 Å². The number of carbonyl (C=O) groups is 2. The molecule has 3 rings (SSSR count). The zero-order valence-electron chi connectivity index (χ0n) is 11.1. The molecule has 0 N–H and O–H groups in total. The molecule has 1 heterocycles. The van der Waals surface area contributed by atoms with Gasteiger partial charge in [0, 0.05) is 10.3 Å². The fourth-order valence-corrected chi connectivity index (χ4v) is 2.95. The molecule has 1 aromatic heterocycles. The van der Waals surface area contributed by atoms with Crippen LogP contribution < -0.4 is 0 Å². The molecule has 0 radical (unpaired) electrons. The summed E-state index contributed by atoms with van der Waals surface area (Å²) in [5.41, 5.74) is 0.543. The lowest BCUT2D eigenvalue weighted by Crippen LogP contribution is -2.13. The minimum absolute atomic E-state index is 0.204. The number of Topliss-reactive ketones (excluding diaryl/α,β-unsaturated/α-hetero) is 1. The molecule has 104 valence electrons. The van der Waals surface area contributed by atoms with Crippen LogP contribution in [0.4, 0.5) is 0 Å². The van der Waals surface area contributed by atoms with Gasteiger partial charge in [-0.15, -0.1) is 11.3 Å². The first kappa shape index (κ1) is 13.5. The first-order valence-electron chi connectivity index (χ1n) is 6.48. The lowest BCUT2D eigenvalue weighted by molar-refractivity contribution is 0.0479. The van der Waals surface area contributed by atoms with Crippen molar-refractivity contribution in [3.05, 3.63) is 71.1 Å². The second-order valence-electron chi connectivity index (χ2n) is 4.51. The molecule has 0 aliphatic carbocycles. The van der Waals surface area contributed by atoms with Crippen LogP contribution in [-0.4, -0.2) is 18.4 Å². The monoisotopic (exact) mass is 296 g/mol. The Morgan fingerprint density at radius 3 is 2.43 bits per heavy atom. The summed E-state index contributed by atoms with van der Waals surface area (Å²) in [7, 11) is 0. The number of hydrogen-bond donors (Lipinski definition) is 0. The molecule has 4 heteroatoms. The Morgan fingerprint density at radius 2 is 1.67 bits per heavy atom. The predicted molar refractivity (Wildman–Crippen MR) is 82.9 cm³/mol. The Labute approximate surface area is 125 Å². The maximum absolute atomic E-state index is 12.0. The molecule has 3 nitrogen and oxygen atoms in total. The van der Waals surface area contributed by atoms with Crippen LogP contribution in [0.5, 0.6) is 0 Å². The molecule has 21 heavy (non-hydrogen) atoms. The van der Waals surface area contributed by atoms with E-state index in [0.717, 1.165) is 10.1 Å². The van der Waals surface area contributed by atoms with Gasteiger partial charge in [-0.25, -0.2) is 4.79 Å². The molecule has 0 spiro atoms. The minimum atomic E-state index is -0.458. The van der Waals surface area contributed by atoms with Gasteiger partial charge in [-0.2, -0.15) is 0 Å². The van der Waals surface area contributed by atoms with Gasteiger partial charge in [0.15, 0.2) is 12.4 Å². The topological polar surface area (TPSA) is 43.4 Å². The molecule has 0 unspecified atom stereocenters. The quantitative estimate of drug-likeness (QED) is 0.541. The first-order chi connectivity index (χ1) is 10.2. The molecule has 0 atom stereocenters. The maximum Gasteiger partial charge on any atom is 0.348 e. The number of ketones is 1. The SMILES string of the molecule is O=C(COC(=O)c1cc2ccccc2s1)c1ccccc1. The van der Waals surface area contributed by atoms with E-state index in [1.807, 2.05) is 30.3 Å². The van der Waals surface area contributed by atoms with E-state index in [-0.39, 0.29) is 12.4 Å². The van der Waals surface area contributed by atoms with Crippen LogP contribution >= 0.6 is 11.3 Å². The van der Waals surface area contributed by atoms with Gasteiger partial charge in [-0.1, -0.05) is 48.5 Å². The highest BCUT2D eigenvalue weighted by molar-refractivity contribution is 7.20. The zero-order valence-corrected chi connectivity index (χ0v) is 11.9. The second-order valence-corrected chi connectivity index (χ2v) is 5.60. The molecule has 0 saturated carbocycles. The molecule has 0 saturated heterocycles. The summed E-state index contributed by atoms with van der Waals surface area (Å²) in [6.45, 7) is -0.239. The van der Waals surface area contributed by atoms with Gasteiger partial charge in [0.25, 0.3) is 0 Å². The number of hydrogen-bond acceptors (Lipinski definition) is 4. The highest BCUT2D eigenvalue weighted by Gasteiger charge is 2.14. The third-order valence-corrected chi connectivity index (χ3v) is 4.15. The van der Waals surface area contributed by atoms with Crippen molar-refractivity contribution in [3.63, 3.8) is 0 Å².